The van der Waals surface area contributed by atoms with Crippen molar-refractivity contribution in [1.29, 1.82) is 0 Å². The number of hydrogen-bond donors (Lipinski definition) is 1. The van der Waals surface area contributed by atoms with Crippen molar-refractivity contribution in [3.63, 3.8) is 0 Å². The summed E-state index contributed by atoms with van der Waals surface area (Å²) in [6.07, 6.45) is 3.65. The second-order valence-electron chi connectivity index (χ2n) is 5.63. The zero-order valence-corrected chi connectivity index (χ0v) is 13.6. The Bertz CT molecular complexity index is 769. The molecule has 0 fully saturated rings. The lowest BCUT2D eigenvalue weighted by Gasteiger charge is -2.10. The molecule has 2 aromatic rings. The minimum Gasteiger partial charge on any atom is -0.330 e. The summed E-state index contributed by atoms with van der Waals surface area (Å²) < 4.78 is 4.71. The number of imidazole rings is 1. The Morgan fingerprint density at radius 3 is 2.41 bits per heavy atom. The lowest BCUT2D eigenvalue weighted by molar-refractivity contribution is 0.580. The Labute approximate surface area is 129 Å². The maximum absolute atomic E-state index is 12.5. The predicted molar refractivity (Wildman–Crippen MR) is 87.2 cm³/mol. The molecule has 0 aromatic carbocycles. The first-order chi connectivity index (χ1) is 10.5. The molecule has 0 bridgehead atoms. The molecule has 0 atom stereocenters. The number of rotatable bonds is 7. The number of unbranched alkanes of at least 4 members (excludes halogenated alkanes) is 2. The summed E-state index contributed by atoms with van der Waals surface area (Å²) >= 11 is 0. The standard InChI is InChI=1S/C15H25N5O2/c1-4-5-9-20-13-12(14(21)18(3)15(20)22)19(11(2)17-13)10-7-6-8-16/h4-10,16H2,1-3H3. The van der Waals surface area contributed by atoms with Crippen LogP contribution in [0.2, 0.25) is 0 Å². The van der Waals surface area contributed by atoms with E-state index in [9.17, 15) is 9.59 Å². The van der Waals surface area contributed by atoms with E-state index in [0.717, 1.165) is 31.5 Å². The molecule has 0 unspecified atom stereocenters. The third-order valence-electron chi connectivity index (χ3n) is 3.99. The van der Waals surface area contributed by atoms with E-state index in [1.165, 1.54) is 11.6 Å². The van der Waals surface area contributed by atoms with E-state index in [0.29, 0.717) is 30.8 Å². The van der Waals surface area contributed by atoms with E-state index in [1.54, 1.807) is 4.57 Å². The second-order valence-corrected chi connectivity index (χ2v) is 5.63. The van der Waals surface area contributed by atoms with Crippen LogP contribution in [0.25, 0.3) is 11.2 Å². The van der Waals surface area contributed by atoms with Gasteiger partial charge in [-0.25, -0.2) is 9.78 Å². The highest BCUT2D eigenvalue weighted by Crippen LogP contribution is 2.13. The highest BCUT2D eigenvalue weighted by molar-refractivity contribution is 5.71. The Morgan fingerprint density at radius 2 is 1.77 bits per heavy atom. The molecule has 0 aliphatic carbocycles. The van der Waals surface area contributed by atoms with Crippen LogP contribution in [0.5, 0.6) is 0 Å². The van der Waals surface area contributed by atoms with Gasteiger partial charge >= 0.3 is 5.69 Å². The lowest BCUT2D eigenvalue weighted by atomic mass is 10.3. The summed E-state index contributed by atoms with van der Waals surface area (Å²) in [7, 11) is 1.53. The van der Waals surface area contributed by atoms with Crippen molar-refractivity contribution in [3.8, 4) is 0 Å². The predicted octanol–water partition coefficient (Wildman–Crippen LogP) is 0.744. The van der Waals surface area contributed by atoms with E-state index >= 15 is 0 Å². The fourth-order valence-electron chi connectivity index (χ4n) is 2.67. The molecule has 0 saturated heterocycles. The van der Waals surface area contributed by atoms with Crippen molar-refractivity contribution in [2.75, 3.05) is 6.54 Å². The van der Waals surface area contributed by atoms with Crippen molar-refractivity contribution < 1.29 is 0 Å². The molecule has 7 heteroatoms. The van der Waals surface area contributed by atoms with Crippen LogP contribution >= 0.6 is 0 Å². The Morgan fingerprint density at radius 1 is 1.09 bits per heavy atom. The van der Waals surface area contributed by atoms with Crippen LogP contribution in [0.3, 0.4) is 0 Å². The SMILES string of the molecule is CCCCn1c(=O)n(C)c(=O)c2c1nc(C)n2CCCCN. The maximum atomic E-state index is 12.5. The molecule has 2 aromatic heterocycles. The number of fused-ring (bicyclic) bond motifs is 1. The first-order valence-corrected chi connectivity index (χ1v) is 7.89. The van der Waals surface area contributed by atoms with E-state index in [-0.39, 0.29) is 11.2 Å². The smallest absolute Gasteiger partial charge is 0.330 e. The van der Waals surface area contributed by atoms with Gasteiger partial charge in [0.2, 0.25) is 0 Å². The Kier molecular flexibility index (Phi) is 5.18. The molecule has 2 N–H and O–H groups in total. The molecule has 0 aliphatic rings. The van der Waals surface area contributed by atoms with Crippen LogP contribution in [0, 0.1) is 6.92 Å². The highest BCUT2D eigenvalue weighted by Gasteiger charge is 2.18. The van der Waals surface area contributed by atoms with E-state index < -0.39 is 0 Å². The van der Waals surface area contributed by atoms with Gasteiger partial charge in [-0.1, -0.05) is 13.3 Å². The Balaban J connectivity index is 2.64. The molecule has 122 valence electrons. The van der Waals surface area contributed by atoms with E-state index in [4.69, 9.17) is 5.73 Å². The Hall–Kier alpha value is -1.89. The molecular weight excluding hydrogens is 282 g/mol. The average Bonchev–Trinajstić information content (AvgIpc) is 2.82. The fraction of sp³-hybridized carbons (Fsp3) is 0.667. The zero-order valence-electron chi connectivity index (χ0n) is 13.6. The third-order valence-corrected chi connectivity index (χ3v) is 3.99. The minimum absolute atomic E-state index is 0.277. The molecule has 2 rings (SSSR count). The monoisotopic (exact) mass is 307 g/mol. The van der Waals surface area contributed by atoms with Crippen LogP contribution < -0.4 is 17.0 Å². The maximum Gasteiger partial charge on any atom is 0.332 e. The van der Waals surface area contributed by atoms with Crippen LogP contribution in [-0.2, 0) is 20.1 Å². The van der Waals surface area contributed by atoms with Gasteiger partial charge in [0.15, 0.2) is 11.2 Å². The number of hydrogen-bond acceptors (Lipinski definition) is 4. The van der Waals surface area contributed by atoms with Crippen LogP contribution in [0.4, 0.5) is 0 Å². The molecule has 0 aliphatic heterocycles. The van der Waals surface area contributed by atoms with Gasteiger partial charge < -0.3 is 10.3 Å². The molecule has 0 spiro atoms. The number of nitrogens with two attached hydrogens (primary N) is 1. The van der Waals surface area contributed by atoms with Gasteiger partial charge in [-0.2, -0.15) is 0 Å². The van der Waals surface area contributed by atoms with Crippen LogP contribution in [0.1, 0.15) is 38.4 Å². The van der Waals surface area contributed by atoms with Crippen molar-refractivity contribution in [3.05, 3.63) is 26.7 Å². The molecule has 2 heterocycles. The van der Waals surface area contributed by atoms with Gasteiger partial charge in [-0.05, 0) is 32.7 Å². The van der Waals surface area contributed by atoms with Gasteiger partial charge in [0.25, 0.3) is 5.56 Å². The summed E-state index contributed by atoms with van der Waals surface area (Å²) in [6.45, 7) is 5.85. The van der Waals surface area contributed by atoms with E-state index in [2.05, 4.69) is 11.9 Å². The van der Waals surface area contributed by atoms with Crippen molar-refractivity contribution >= 4 is 11.2 Å². The third kappa shape index (κ3) is 2.85. The summed E-state index contributed by atoms with van der Waals surface area (Å²) in [5.41, 5.74) is 5.99. The summed E-state index contributed by atoms with van der Waals surface area (Å²) in [6, 6.07) is 0. The first-order valence-electron chi connectivity index (χ1n) is 7.89. The van der Waals surface area contributed by atoms with Gasteiger partial charge in [-0.3, -0.25) is 13.9 Å². The summed E-state index contributed by atoms with van der Waals surface area (Å²) in [4.78, 5) is 29.3. The lowest BCUT2D eigenvalue weighted by Crippen LogP contribution is -2.38. The topological polar surface area (TPSA) is 87.8 Å². The normalized spacial score (nSPS) is 11.5. The largest absolute Gasteiger partial charge is 0.332 e. The molecule has 0 amide bonds. The fourth-order valence-corrected chi connectivity index (χ4v) is 2.67. The molecular formula is C15H25N5O2. The van der Waals surface area contributed by atoms with Crippen molar-refractivity contribution in [2.24, 2.45) is 12.8 Å². The van der Waals surface area contributed by atoms with Crippen LogP contribution in [-0.4, -0.2) is 25.2 Å². The van der Waals surface area contributed by atoms with Gasteiger partial charge in [0.1, 0.15) is 5.82 Å². The van der Waals surface area contributed by atoms with Crippen LogP contribution in [0.15, 0.2) is 9.59 Å². The molecule has 0 radical (unpaired) electrons. The first kappa shape index (κ1) is 16.5. The van der Waals surface area contributed by atoms with Crippen molar-refractivity contribution in [2.45, 2.75) is 52.6 Å². The average molecular weight is 307 g/mol. The molecule has 7 nitrogen and oxygen atoms in total. The molecule has 22 heavy (non-hydrogen) atoms. The van der Waals surface area contributed by atoms with Gasteiger partial charge in [0, 0.05) is 20.1 Å². The van der Waals surface area contributed by atoms with Gasteiger partial charge in [-0.15, -0.1) is 0 Å². The molecule has 0 saturated carbocycles. The van der Waals surface area contributed by atoms with Crippen molar-refractivity contribution in [1.82, 2.24) is 18.7 Å². The zero-order chi connectivity index (χ0) is 16.3. The highest BCUT2D eigenvalue weighted by atomic mass is 16.2. The number of nitrogens with zero attached hydrogens (tertiary/aromatic N) is 4. The summed E-state index contributed by atoms with van der Waals surface area (Å²) in [5.74, 6) is 0.764. The summed E-state index contributed by atoms with van der Waals surface area (Å²) in [5, 5.41) is 0. The second kappa shape index (κ2) is 6.91. The van der Waals surface area contributed by atoms with Gasteiger partial charge in [0.05, 0.1) is 0 Å². The quantitative estimate of drug-likeness (QED) is 0.764. The number of aromatic nitrogens is 4. The number of aryl methyl sites for hydroxylation is 3. The van der Waals surface area contributed by atoms with E-state index in [1.807, 2.05) is 11.5 Å². The minimum atomic E-state index is -0.294.